The molecule has 0 saturated heterocycles. The minimum atomic E-state index is -0.706. The van der Waals surface area contributed by atoms with Crippen molar-refractivity contribution in [2.24, 2.45) is 0 Å². The van der Waals surface area contributed by atoms with Crippen molar-refractivity contribution >= 4 is 28.1 Å². The van der Waals surface area contributed by atoms with Gasteiger partial charge in [-0.25, -0.2) is 0 Å². The van der Waals surface area contributed by atoms with Gasteiger partial charge in [0.25, 0.3) is 11.6 Å². The maximum atomic E-state index is 12.7. The van der Waals surface area contributed by atoms with Crippen LogP contribution in [0.3, 0.4) is 0 Å². The number of nitrogens with one attached hydrogen (secondary N) is 1. The first-order valence-electron chi connectivity index (χ1n) is 8.62. The van der Waals surface area contributed by atoms with Crippen LogP contribution in [0.5, 0.6) is 17.2 Å². The second kappa shape index (κ2) is 9.18. The number of anilines is 1. The largest absolute Gasteiger partial charge is 0.496 e. The number of nitro benzene ring substituents is 1. The number of nitro groups is 1. The molecule has 2 aromatic carbocycles. The summed E-state index contributed by atoms with van der Waals surface area (Å²) in [5, 5.41) is 22.8. The highest BCUT2D eigenvalue weighted by Gasteiger charge is 2.25. The predicted octanol–water partition coefficient (Wildman–Crippen LogP) is 3.32. The van der Waals surface area contributed by atoms with Crippen LogP contribution in [0.1, 0.15) is 20.9 Å². The molecule has 0 radical (unpaired) electrons. The molecule has 1 N–H and O–H groups in total. The lowest BCUT2D eigenvalue weighted by molar-refractivity contribution is -0.385. The zero-order chi connectivity index (χ0) is 21.7. The Balaban J connectivity index is 1.82. The Bertz CT molecular complexity index is 1080. The van der Waals surface area contributed by atoms with Crippen molar-refractivity contribution in [1.82, 2.24) is 10.2 Å². The van der Waals surface area contributed by atoms with E-state index < -0.39 is 16.5 Å². The lowest BCUT2D eigenvalue weighted by Gasteiger charge is -2.10. The number of amides is 1. The number of carbonyl (C=O) groups excluding carboxylic acids is 1. The highest BCUT2D eigenvalue weighted by Crippen LogP contribution is 2.35. The molecule has 3 aromatic rings. The topological polar surface area (TPSA) is 126 Å². The summed E-state index contributed by atoms with van der Waals surface area (Å²) in [4.78, 5) is 23.4. The number of ether oxygens (including phenoxy) is 3. The molecule has 1 amide bonds. The third kappa shape index (κ3) is 4.46. The number of nitrogens with zero attached hydrogens (tertiary/aromatic N) is 3. The molecule has 1 heterocycles. The number of para-hydroxylation sites is 1. The van der Waals surface area contributed by atoms with E-state index >= 15 is 0 Å². The quantitative estimate of drug-likeness (QED) is 0.426. The first-order valence-corrected chi connectivity index (χ1v) is 9.44. The first kappa shape index (κ1) is 21.0. The fraction of sp³-hybridized carbons (Fsp3) is 0.211. The Morgan fingerprint density at radius 3 is 2.40 bits per heavy atom. The Morgan fingerprint density at radius 2 is 1.73 bits per heavy atom. The van der Waals surface area contributed by atoms with E-state index in [-0.39, 0.29) is 22.2 Å². The van der Waals surface area contributed by atoms with Gasteiger partial charge in [-0.1, -0.05) is 29.5 Å². The number of methoxy groups -OCH3 is 3. The zero-order valence-corrected chi connectivity index (χ0v) is 17.2. The molecule has 0 atom stereocenters. The fourth-order valence-electron chi connectivity index (χ4n) is 2.75. The van der Waals surface area contributed by atoms with Crippen LogP contribution < -0.4 is 19.5 Å². The lowest BCUT2D eigenvalue weighted by atomic mass is 10.1. The molecule has 156 valence electrons. The molecular formula is C19H18N4O6S. The summed E-state index contributed by atoms with van der Waals surface area (Å²) < 4.78 is 15.5. The lowest BCUT2D eigenvalue weighted by Crippen LogP contribution is -2.14. The van der Waals surface area contributed by atoms with Crippen LogP contribution in [0.2, 0.25) is 0 Å². The van der Waals surface area contributed by atoms with E-state index in [0.29, 0.717) is 11.4 Å². The normalized spacial score (nSPS) is 10.4. The van der Waals surface area contributed by atoms with Crippen molar-refractivity contribution in [3.05, 3.63) is 62.6 Å². The van der Waals surface area contributed by atoms with Crippen LogP contribution in [0.15, 0.2) is 36.4 Å². The second-order valence-electron chi connectivity index (χ2n) is 5.93. The number of aromatic nitrogens is 2. The summed E-state index contributed by atoms with van der Waals surface area (Å²) in [7, 11) is 4.31. The molecule has 3 rings (SSSR count). The molecule has 0 aliphatic rings. The maximum absolute atomic E-state index is 12.7. The van der Waals surface area contributed by atoms with Gasteiger partial charge in [0.15, 0.2) is 11.5 Å². The van der Waals surface area contributed by atoms with Gasteiger partial charge in [-0.05, 0) is 6.07 Å². The monoisotopic (exact) mass is 430 g/mol. The average Bonchev–Trinajstić information content (AvgIpc) is 3.19. The van der Waals surface area contributed by atoms with Crippen molar-refractivity contribution in [2.75, 3.05) is 26.6 Å². The average molecular weight is 430 g/mol. The van der Waals surface area contributed by atoms with E-state index in [1.54, 1.807) is 7.11 Å². The van der Waals surface area contributed by atoms with Gasteiger partial charge in [0.2, 0.25) is 5.13 Å². The van der Waals surface area contributed by atoms with Crippen LogP contribution in [0.25, 0.3) is 0 Å². The van der Waals surface area contributed by atoms with Gasteiger partial charge in [0.05, 0.1) is 32.3 Å². The van der Waals surface area contributed by atoms with Gasteiger partial charge in [-0.2, -0.15) is 0 Å². The maximum Gasteiger partial charge on any atom is 0.286 e. The van der Waals surface area contributed by atoms with Crippen LogP contribution in [0, 0.1) is 10.1 Å². The van der Waals surface area contributed by atoms with Gasteiger partial charge in [-0.3, -0.25) is 20.2 Å². The van der Waals surface area contributed by atoms with Gasteiger partial charge in [0, 0.05) is 18.1 Å². The zero-order valence-electron chi connectivity index (χ0n) is 16.4. The number of rotatable bonds is 8. The van der Waals surface area contributed by atoms with Gasteiger partial charge in [0.1, 0.15) is 16.3 Å². The van der Waals surface area contributed by atoms with Crippen LogP contribution in [-0.2, 0) is 6.42 Å². The van der Waals surface area contributed by atoms with E-state index in [4.69, 9.17) is 14.2 Å². The summed E-state index contributed by atoms with van der Waals surface area (Å²) >= 11 is 1.17. The predicted molar refractivity (Wildman–Crippen MR) is 110 cm³/mol. The van der Waals surface area contributed by atoms with E-state index in [2.05, 4.69) is 15.5 Å². The Kier molecular flexibility index (Phi) is 6.42. The van der Waals surface area contributed by atoms with Gasteiger partial charge >= 0.3 is 0 Å². The molecule has 0 saturated carbocycles. The summed E-state index contributed by atoms with van der Waals surface area (Å²) in [6.45, 7) is 0. The Hall–Kier alpha value is -3.73. The van der Waals surface area contributed by atoms with E-state index in [1.165, 1.54) is 31.6 Å². The Labute approximate surface area is 175 Å². The standard InChI is InChI=1S/C19H18N4O6S/c1-27-14-7-5-4-6-11(14)8-17-21-22-19(30-17)20-18(24)12-9-15(28-2)16(29-3)10-13(12)23(25)26/h4-7,9-10H,8H2,1-3H3,(H,20,22,24). The van der Waals surface area contributed by atoms with Crippen molar-refractivity contribution in [2.45, 2.75) is 6.42 Å². The van der Waals surface area contributed by atoms with E-state index in [1.807, 2.05) is 24.3 Å². The SMILES string of the molecule is COc1ccccc1Cc1nnc(NC(=O)c2cc(OC)c(OC)cc2[N+](=O)[O-])s1. The third-order valence-electron chi connectivity index (χ3n) is 4.16. The van der Waals surface area contributed by atoms with Crippen LogP contribution >= 0.6 is 11.3 Å². The first-order chi connectivity index (χ1) is 14.5. The number of benzene rings is 2. The molecule has 0 unspecified atom stereocenters. The molecule has 10 nitrogen and oxygen atoms in total. The highest BCUT2D eigenvalue weighted by atomic mass is 32.1. The van der Waals surface area contributed by atoms with Crippen molar-refractivity contribution in [1.29, 1.82) is 0 Å². The summed E-state index contributed by atoms with van der Waals surface area (Å²) in [5.74, 6) is 0.361. The molecule has 0 fully saturated rings. The number of hydrogen-bond donors (Lipinski definition) is 1. The van der Waals surface area contributed by atoms with Crippen LogP contribution in [-0.4, -0.2) is 42.4 Å². The van der Waals surface area contributed by atoms with Crippen molar-refractivity contribution in [3.63, 3.8) is 0 Å². The third-order valence-corrected chi connectivity index (χ3v) is 5.00. The molecule has 0 aliphatic heterocycles. The molecular weight excluding hydrogens is 412 g/mol. The molecule has 1 aromatic heterocycles. The molecule has 30 heavy (non-hydrogen) atoms. The van der Waals surface area contributed by atoms with Gasteiger partial charge in [-0.15, -0.1) is 10.2 Å². The number of carbonyl (C=O) groups is 1. The van der Waals surface area contributed by atoms with E-state index in [9.17, 15) is 14.9 Å². The van der Waals surface area contributed by atoms with Gasteiger partial charge < -0.3 is 14.2 Å². The summed E-state index contributed by atoms with van der Waals surface area (Å²) in [6.07, 6.45) is 0.466. The fourth-order valence-corrected chi connectivity index (χ4v) is 3.51. The minimum absolute atomic E-state index is 0.149. The summed E-state index contributed by atoms with van der Waals surface area (Å²) in [6, 6.07) is 9.90. The Morgan fingerprint density at radius 1 is 1.07 bits per heavy atom. The molecule has 0 aliphatic carbocycles. The second-order valence-corrected chi connectivity index (χ2v) is 6.99. The van der Waals surface area contributed by atoms with Crippen molar-refractivity contribution < 1.29 is 23.9 Å². The van der Waals surface area contributed by atoms with Crippen molar-refractivity contribution in [3.8, 4) is 17.2 Å². The van der Waals surface area contributed by atoms with E-state index in [0.717, 1.165) is 17.4 Å². The molecule has 11 heteroatoms. The molecule has 0 bridgehead atoms. The smallest absolute Gasteiger partial charge is 0.286 e. The minimum Gasteiger partial charge on any atom is -0.496 e. The molecule has 0 spiro atoms. The highest BCUT2D eigenvalue weighted by molar-refractivity contribution is 7.15. The number of hydrogen-bond acceptors (Lipinski definition) is 9. The summed E-state index contributed by atoms with van der Waals surface area (Å²) in [5.41, 5.74) is 0.326. The van der Waals surface area contributed by atoms with Crippen LogP contribution in [0.4, 0.5) is 10.8 Å².